The van der Waals surface area contributed by atoms with E-state index in [1.165, 1.54) is 32.1 Å². The van der Waals surface area contributed by atoms with Gasteiger partial charge in [0.2, 0.25) is 0 Å². The van der Waals surface area contributed by atoms with Crippen LogP contribution in [0.25, 0.3) is 0 Å². The number of unbranched alkanes of at least 4 members (excludes halogenated alkanes) is 10. The number of rotatable bonds is 17. The van der Waals surface area contributed by atoms with Gasteiger partial charge >= 0.3 is 11.9 Å². The number of carboxylic acids is 1. The van der Waals surface area contributed by atoms with Gasteiger partial charge in [-0.1, -0.05) is 71.4 Å². The maximum absolute atomic E-state index is 11.6. The van der Waals surface area contributed by atoms with Gasteiger partial charge in [-0.05, 0) is 43.9 Å². The lowest BCUT2D eigenvalue weighted by Gasteiger charge is -2.17. The third kappa shape index (κ3) is 22.6. The minimum Gasteiger partial charge on any atom is -0.481 e. The zero-order valence-electron chi connectivity index (χ0n) is 17.9. The van der Waals surface area contributed by atoms with Crippen LogP contribution in [0.1, 0.15) is 111 Å². The van der Waals surface area contributed by atoms with Crippen molar-refractivity contribution in [2.45, 2.75) is 111 Å². The molecule has 0 fully saturated rings. The van der Waals surface area contributed by atoms with Crippen LogP contribution in [0.5, 0.6) is 0 Å². The van der Waals surface area contributed by atoms with Crippen molar-refractivity contribution in [3.63, 3.8) is 0 Å². The lowest BCUT2D eigenvalue weighted by molar-refractivity contribution is -0.146. The summed E-state index contributed by atoms with van der Waals surface area (Å²) in [5.41, 5.74) is 0.0468. The van der Waals surface area contributed by atoms with E-state index in [9.17, 15) is 9.59 Å². The normalized spacial score (nSPS) is 11.8. The fourth-order valence-electron chi connectivity index (χ4n) is 2.74. The first kappa shape index (κ1) is 25.7. The fraction of sp³-hybridized carbons (Fsp3) is 0.826. The van der Waals surface area contributed by atoms with Gasteiger partial charge in [0.25, 0.3) is 0 Å². The van der Waals surface area contributed by atoms with Crippen molar-refractivity contribution >= 4 is 11.9 Å². The highest BCUT2D eigenvalue weighted by atomic mass is 16.5. The SMILES string of the molecule is CC(C)(C)COC(=O)CCCCCCCC=CCCCCCCCC(=O)O. The van der Waals surface area contributed by atoms with Crippen molar-refractivity contribution in [2.75, 3.05) is 6.61 Å². The predicted octanol–water partition coefficient (Wildman–Crippen LogP) is 6.68. The van der Waals surface area contributed by atoms with E-state index in [0.29, 0.717) is 19.4 Å². The number of hydrogen-bond acceptors (Lipinski definition) is 3. The molecule has 0 radical (unpaired) electrons. The van der Waals surface area contributed by atoms with Crippen LogP contribution in [0.15, 0.2) is 12.2 Å². The van der Waals surface area contributed by atoms with Gasteiger partial charge < -0.3 is 9.84 Å². The summed E-state index contributed by atoms with van der Waals surface area (Å²) >= 11 is 0. The van der Waals surface area contributed by atoms with Gasteiger partial charge in [-0.15, -0.1) is 0 Å². The minimum absolute atomic E-state index is 0.0468. The second-order valence-corrected chi connectivity index (χ2v) is 8.70. The molecule has 0 saturated carbocycles. The Labute approximate surface area is 166 Å². The van der Waals surface area contributed by atoms with Gasteiger partial charge in [-0.2, -0.15) is 0 Å². The summed E-state index contributed by atoms with van der Waals surface area (Å²) in [6.45, 7) is 6.71. The number of carbonyl (C=O) groups is 2. The van der Waals surface area contributed by atoms with E-state index in [0.717, 1.165) is 44.9 Å². The molecule has 0 aliphatic rings. The molecule has 158 valence electrons. The summed E-state index contributed by atoms with van der Waals surface area (Å²) in [4.78, 5) is 22.0. The van der Waals surface area contributed by atoms with E-state index >= 15 is 0 Å². The number of ether oxygens (including phenoxy) is 1. The van der Waals surface area contributed by atoms with Crippen molar-refractivity contribution in [3.05, 3.63) is 12.2 Å². The molecule has 4 nitrogen and oxygen atoms in total. The van der Waals surface area contributed by atoms with Crippen LogP contribution in [0.2, 0.25) is 0 Å². The van der Waals surface area contributed by atoms with Gasteiger partial charge in [-0.25, -0.2) is 0 Å². The van der Waals surface area contributed by atoms with Crippen LogP contribution in [0.4, 0.5) is 0 Å². The molecule has 0 aromatic rings. The molecule has 0 aliphatic heterocycles. The van der Waals surface area contributed by atoms with Crippen LogP contribution in [-0.4, -0.2) is 23.7 Å². The molecule has 0 saturated heterocycles. The monoisotopic (exact) mass is 382 g/mol. The van der Waals surface area contributed by atoms with Crippen molar-refractivity contribution in [2.24, 2.45) is 5.41 Å². The molecule has 4 heteroatoms. The van der Waals surface area contributed by atoms with Gasteiger partial charge in [-0.3, -0.25) is 9.59 Å². The van der Waals surface area contributed by atoms with Gasteiger partial charge in [0.1, 0.15) is 0 Å². The van der Waals surface area contributed by atoms with Crippen LogP contribution in [-0.2, 0) is 14.3 Å². The standard InChI is InChI=1S/C23H42O4/c1-23(2,3)20-27-22(26)19-17-15-13-11-9-7-5-4-6-8-10-12-14-16-18-21(24)25/h4-5H,6-20H2,1-3H3,(H,24,25). The van der Waals surface area contributed by atoms with E-state index in [1.54, 1.807) is 0 Å². The molecule has 27 heavy (non-hydrogen) atoms. The van der Waals surface area contributed by atoms with E-state index in [-0.39, 0.29) is 11.4 Å². The highest BCUT2D eigenvalue weighted by molar-refractivity contribution is 5.69. The van der Waals surface area contributed by atoms with E-state index in [1.807, 2.05) is 0 Å². The van der Waals surface area contributed by atoms with Crippen LogP contribution >= 0.6 is 0 Å². The largest absolute Gasteiger partial charge is 0.481 e. The van der Waals surface area contributed by atoms with Gasteiger partial charge in [0.15, 0.2) is 0 Å². The van der Waals surface area contributed by atoms with Crippen LogP contribution < -0.4 is 0 Å². The summed E-state index contributed by atoms with van der Waals surface area (Å²) in [5, 5.41) is 8.56. The Kier molecular flexibility index (Phi) is 16.0. The van der Waals surface area contributed by atoms with Crippen LogP contribution in [0.3, 0.4) is 0 Å². The molecule has 0 amide bonds. The molecule has 0 rings (SSSR count). The summed E-state index contributed by atoms with van der Waals surface area (Å²) < 4.78 is 5.26. The smallest absolute Gasteiger partial charge is 0.305 e. The lowest BCUT2D eigenvalue weighted by Crippen LogP contribution is -2.18. The van der Waals surface area contributed by atoms with E-state index in [4.69, 9.17) is 9.84 Å². The van der Waals surface area contributed by atoms with Crippen molar-refractivity contribution in [1.29, 1.82) is 0 Å². The Morgan fingerprint density at radius 1 is 0.741 bits per heavy atom. The first-order valence-corrected chi connectivity index (χ1v) is 10.8. The number of allylic oxidation sites excluding steroid dienone is 2. The van der Waals surface area contributed by atoms with Crippen molar-refractivity contribution in [3.8, 4) is 0 Å². The molecule has 0 atom stereocenters. The minimum atomic E-state index is -0.684. The van der Waals surface area contributed by atoms with Gasteiger partial charge in [0.05, 0.1) is 6.61 Å². The number of carbonyl (C=O) groups excluding carboxylic acids is 1. The fourth-order valence-corrected chi connectivity index (χ4v) is 2.74. The number of hydrogen-bond donors (Lipinski definition) is 1. The van der Waals surface area contributed by atoms with E-state index in [2.05, 4.69) is 32.9 Å². The molecular formula is C23H42O4. The molecule has 0 aromatic heterocycles. The highest BCUT2D eigenvalue weighted by Crippen LogP contribution is 2.14. The molecular weight excluding hydrogens is 340 g/mol. The summed E-state index contributed by atoms with van der Waals surface area (Å²) in [5.74, 6) is -0.744. The third-order valence-corrected chi connectivity index (χ3v) is 4.35. The van der Waals surface area contributed by atoms with Crippen molar-refractivity contribution < 1.29 is 19.4 Å². The number of esters is 1. The Balaban J connectivity index is 3.27. The number of carboxylic acid groups (broad SMARTS) is 1. The first-order chi connectivity index (χ1) is 12.8. The molecule has 1 N–H and O–H groups in total. The third-order valence-electron chi connectivity index (χ3n) is 4.35. The topological polar surface area (TPSA) is 63.6 Å². The molecule has 0 bridgehead atoms. The van der Waals surface area contributed by atoms with E-state index < -0.39 is 5.97 Å². The van der Waals surface area contributed by atoms with Crippen LogP contribution in [0, 0.1) is 5.41 Å². The molecule has 0 unspecified atom stereocenters. The second-order valence-electron chi connectivity index (χ2n) is 8.70. The summed E-state index contributed by atoms with van der Waals surface area (Å²) in [7, 11) is 0. The second kappa shape index (κ2) is 16.8. The maximum atomic E-state index is 11.6. The molecule has 0 spiro atoms. The quantitative estimate of drug-likeness (QED) is 0.173. The van der Waals surface area contributed by atoms with Crippen molar-refractivity contribution in [1.82, 2.24) is 0 Å². The Bertz CT molecular complexity index is 407. The summed E-state index contributed by atoms with van der Waals surface area (Å²) in [6.07, 6.45) is 18.8. The zero-order chi connectivity index (χ0) is 20.4. The lowest BCUT2D eigenvalue weighted by atomic mass is 9.99. The first-order valence-electron chi connectivity index (χ1n) is 10.8. The molecule has 0 aromatic carbocycles. The Morgan fingerprint density at radius 2 is 1.19 bits per heavy atom. The predicted molar refractivity (Wildman–Crippen MR) is 112 cm³/mol. The average Bonchev–Trinajstić information content (AvgIpc) is 2.58. The Morgan fingerprint density at radius 3 is 1.67 bits per heavy atom. The number of aliphatic carboxylic acids is 1. The zero-order valence-corrected chi connectivity index (χ0v) is 17.9. The average molecular weight is 383 g/mol. The Hall–Kier alpha value is -1.32. The maximum Gasteiger partial charge on any atom is 0.305 e. The summed E-state index contributed by atoms with van der Waals surface area (Å²) in [6, 6.07) is 0. The van der Waals surface area contributed by atoms with Gasteiger partial charge in [0, 0.05) is 12.8 Å². The molecule has 0 heterocycles. The highest BCUT2D eigenvalue weighted by Gasteiger charge is 2.13. The molecule has 0 aliphatic carbocycles.